The molecule has 0 unspecified atom stereocenters. The predicted molar refractivity (Wildman–Crippen MR) is 70.1 cm³/mol. The molecule has 0 amide bonds. The molecule has 0 fully saturated rings. The lowest BCUT2D eigenvalue weighted by Gasteiger charge is -2.14. The Balaban J connectivity index is 2.89. The van der Waals surface area contributed by atoms with E-state index in [2.05, 4.69) is 4.98 Å². The molecule has 0 atom stereocenters. The first kappa shape index (κ1) is 13.2. The van der Waals surface area contributed by atoms with Crippen molar-refractivity contribution < 1.29 is 19.3 Å². The number of hydrogen-bond acceptors (Lipinski definition) is 5. The Morgan fingerprint density at radius 3 is 2.32 bits per heavy atom. The zero-order chi connectivity index (χ0) is 14.0. The van der Waals surface area contributed by atoms with Crippen LogP contribution in [0.5, 0.6) is 17.2 Å². The summed E-state index contributed by atoms with van der Waals surface area (Å²) >= 11 is 0. The summed E-state index contributed by atoms with van der Waals surface area (Å²) in [5.41, 5.74) is 0.471. The number of ether oxygens (including phenoxy) is 3. The summed E-state index contributed by atoms with van der Waals surface area (Å²) in [6.07, 6.45) is 0. The second-order valence-electron chi connectivity index (χ2n) is 3.89. The molecule has 0 aliphatic heterocycles. The van der Waals surface area contributed by atoms with Gasteiger partial charge in [-0.05, 0) is 6.07 Å². The molecule has 0 aliphatic carbocycles. The molecule has 2 rings (SSSR count). The van der Waals surface area contributed by atoms with Crippen LogP contribution in [0.25, 0.3) is 10.9 Å². The minimum atomic E-state index is -0.344. The highest BCUT2D eigenvalue weighted by atomic mass is 16.5. The summed E-state index contributed by atoms with van der Waals surface area (Å²) in [7, 11) is 4.51. The maximum Gasteiger partial charge on any atom is 0.253 e. The largest absolute Gasteiger partial charge is 0.493 e. The zero-order valence-electron chi connectivity index (χ0n) is 10.9. The van der Waals surface area contributed by atoms with Gasteiger partial charge in [0.05, 0.1) is 33.5 Å². The summed E-state index contributed by atoms with van der Waals surface area (Å²) in [5, 5.41) is 9.79. The summed E-state index contributed by atoms with van der Waals surface area (Å²) in [6, 6.07) is 3.23. The molecule has 2 aromatic rings. The van der Waals surface area contributed by atoms with Crippen LogP contribution in [-0.2, 0) is 6.61 Å². The van der Waals surface area contributed by atoms with Gasteiger partial charge in [-0.15, -0.1) is 0 Å². The summed E-state index contributed by atoms with van der Waals surface area (Å²) < 4.78 is 15.8. The highest BCUT2D eigenvalue weighted by Crippen LogP contribution is 2.42. The van der Waals surface area contributed by atoms with Gasteiger partial charge in [0, 0.05) is 17.0 Å². The SMILES string of the molecule is COc1cc2[nH]c(=O)c(CO)cc2c(OC)c1OC. The summed E-state index contributed by atoms with van der Waals surface area (Å²) in [5.74, 6) is 1.34. The number of aliphatic hydroxyl groups is 1. The molecule has 6 heteroatoms. The van der Waals surface area contributed by atoms with E-state index in [1.54, 1.807) is 12.1 Å². The fourth-order valence-electron chi connectivity index (χ4n) is 1.99. The molecule has 0 radical (unpaired) electrons. The molecule has 0 aliphatic rings. The summed E-state index contributed by atoms with van der Waals surface area (Å²) in [4.78, 5) is 14.4. The Morgan fingerprint density at radius 2 is 1.79 bits per heavy atom. The quantitative estimate of drug-likeness (QED) is 0.863. The number of aromatic nitrogens is 1. The van der Waals surface area contributed by atoms with Crippen molar-refractivity contribution in [2.45, 2.75) is 6.61 Å². The zero-order valence-corrected chi connectivity index (χ0v) is 10.9. The third-order valence-electron chi connectivity index (χ3n) is 2.90. The fourth-order valence-corrected chi connectivity index (χ4v) is 1.99. The fraction of sp³-hybridized carbons (Fsp3) is 0.308. The predicted octanol–water partition coefficient (Wildman–Crippen LogP) is 1.05. The van der Waals surface area contributed by atoms with Gasteiger partial charge >= 0.3 is 0 Å². The van der Waals surface area contributed by atoms with Crippen LogP contribution in [0.4, 0.5) is 0 Å². The van der Waals surface area contributed by atoms with Crippen molar-refractivity contribution in [1.82, 2.24) is 4.98 Å². The van der Waals surface area contributed by atoms with Gasteiger partial charge in [-0.3, -0.25) is 4.79 Å². The van der Waals surface area contributed by atoms with Gasteiger partial charge in [-0.2, -0.15) is 0 Å². The first-order valence-electron chi connectivity index (χ1n) is 5.62. The molecule has 102 valence electrons. The highest BCUT2D eigenvalue weighted by molar-refractivity contribution is 5.90. The number of aromatic amines is 1. The Labute approximate surface area is 109 Å². The van der Waals surface area contributed by atoms with Crippen LogP contribution in [0.3, 0.4) is 0 Å². The van der Waals surface area contributed by atoms with Crippen molar-refractivity contribution in [1.29, 1.82) is 0 Å². The molecule has 1 heterocycles. The molecule has 0 bridgehead atoms. The number of rotatable bonds is 4. The lowest BCUT2D eigenvalue weighted by atomic mass is 10.1. The number of pyridine rings is 1. The smallest absolute Gasteiger partial charge is 0.253 e. The number of H-pyrrole nitrogens is 1. The van der Waals surface area contributed by atoms with Crippen LogP contribution < -0.4 is 19.8 Å². The summed E-state index contributed by atoms with van der Waals surface area (Å²) in [6.45, 7) is -0.344. The van der Waals surface area contributed by atoms with Crippen LogP contribution in [0.15, 0.2) is 16.9 Å². The Morgan fingerprint density at radius 1 is 1.11 bits per heavy atom. The van der Waals surface area contributed by atoms with Crippen molar-refractivity contribution in [3.8, 4) is 17.2 Å². The monoisotopic (exact) mass is 265 g/mol. The third-order valence-corrected chi connectivity index (χ3v) is 2.90. The third kappa shape index (κ3) is 2.10. The highest BCUT2D eigenvalue weighted by Gasteiger charge is 2.17. The number of benzene rings is 1. The van der Waals surface area contributed by atoms with Crippen LogP contribution in [0.2, 0.25) is 0 Å². The average molecular weight is 265 g/mol. The van der Waals surface area contributed by atoms with Crippen molar-refractivity contribution in [2.24, 2.45) is 0 Å². The van der Waals surface area contributed by atoms with E-state index >= 15 is 0 Å². The Kier molecular flexibility index (Phi) is 3.62. The molecular weight excluding hydrogens is 250 g/mol. The van der Waals surface area contributed by atoms with E-state index in [1.807, 2.05) is 0 Å². The first-order chi connectivity index (χ1) is 9.15. The molecule has 0 saturated carbocycles. The van der Waals surface area contributed by atoms with Gasteiger partial charge in [0.2, 0.25) is 5.75 Å². The average Bonchev–Trinajstić information content (AvgIpc) is 2.44. The van der Waals surface area contributed by atoms with Crippen LogP contribution >= 0.6 is 0 Å². The number of fused-ring (bicyclic) bond motifs is 1. The number of aliphatic hydroxyl groups excluding tert-OH is 1. The molecule has 19 heavy (non-hydrogen) atoms. The number of hydrogen-bond donors (Lipinski definition) is 2. The molecule has 1 aromatic carbocycles. The molecule has 0 spiro atoms. The van der Waals surface area contributed by atoms with Crippen molar-refractivity contribution in [3.05, 3.63) is 28.0 Å². The van der Waals surface area contributed by atoms with E-state index in [4.69, 9.17) is 19.3 Å². The van der Waals surface area contributed by atoms with Crippen molar-refractivity contribution in [2.75, 3.05) is 21.3 Å². The van der Waals surface area contributed by atoms with E-state index in [1.165, 1.54) is 21.3 Å². The molecule has 2 N–H and O–H groups in total. The van der Waals surface area contributed by atoms with Gasteiger partial charge in [-0.1, -0.05) is 0 Å². The van der Waals surface area contributed by atoms with Gasteiger partial charge in [0.15, 0.2) is 11.5 Å². The first-order valence-corrected chi connectivity index (χ1v) is 5.62. The van der Waals surface area contributed by atoms with E-state index in [-0.39, 0.29) is 17.7 Å². The van der Waals surface area contributed by atoms with Crippen LogP contribution in [0, 0.1) is 0 Å². The van der Waals surface area contributed by atoms with E-state index in [0.29, 0.717) is 28.2 Å². The molecule has 6 nitrogen and oxygen atoms in total. The maximum atomic E-state index is 11.7. The van der Waals surface area contributed by atoms with Crippen LogP contribution in [-0.4, -0.2) is 31.4 Å². The van der Waals surface area contributed by atoms with Crippen molar-refractivity contribution >= 4 is 10.9 Å². The standard InChI is InChI=1S/C13H15NO5/c1-17-10-5-9-8(11(18-2)12(10)19-3)4-7(6-15)13(16)14-9/h4-5,15H,6H2,1-3H3,(H,14,16). The molecule has 0 saturated heterocycles. The second kappa shape index (κ2) is 5.19. The Bertz CT molecular complexity index is 662. The number of nitrogens with one attached hydrogen (secondary N) is 1. The van der Waals surface area contributed by atoms with Gasteiger partial charge in [0.25, 0.3) is 5.56 Å². The second-order valence-corrected chi connectivity index (χ2v) is 3.89. The topological polar surface area (TPSA) is 80.8 Å². The Hall–Kier alpha value is -2.21. The van der Waals surface area contributed by atoms with Crippen LogP contribution in [0.1, 0.15) is 5.56 Å². The number of methoxy groups -OCH3 is 3. The molecular formula is C13H15NO5. The van der Waals surface area contributed by atoms with Gasteiger partial charge < -0.3 is 24.3 Å². The van der Waals surface area contributed by atoms with E-state index < -0.39 is 0 Å². The minimum Gasteiger partial charge on any atom is -0.493 e. The lowest BCUT2D eigenvalue weighted by molar-refractivity contribution is 0.280. The van der Waals surface area contributed by atoms with Gasteiger partial charge in [0.1, 0.15) is 0 Å². The van der Waals surface area contributed by atoms with E-state index in [0.717, 1.165) is 0 Å². The minimum absolute atomic E-state index is 0.262. The maximum absolute atomic E-state index is 11.7. The van der Waals surface area contributed by atoms with Gasteiger partial charge in [-0.25, -0.2) is 0 Å². The van der Waals surface area contributed by atoms with E-state index in [9.17, 15) is 4.79 Å². The van der Waals surface area contributed by atoms with Crippen molar-refractivity contribution in [3.63, 3.8) is 0 Å². The molecule has 1 aromatic heterocycles. The lowest BCUT2D eigenvalue weighted by Crippen LogP contribution is -2.12. The normalized spacial score (nSPS) is 10.5.